The van der Waals surface area contributed by atoms with Crippen LogP contribution in [0.25, 0.3) is 0 Å². The van der Waals surface area contributed by atoms with E-state index in [0.717, 1.165) is 25.7 Å². The maximum atomic E-state index is 11.3. The number of ether oxygens (including phenoxy) is 2. The molecule has 1 saturated carbocycles. The zero-order chi connectivity index (χ0) is 9.68. The van der Waals surface area contributed by atoms with E-state index in [0.29, 0.717) is 5.57 Å². The Morgan fingerprint density at radius 3 is 2.62 bits per heavy atom. The van der Waals surface area contributed by atoms with Crippen molar-refractivity contribution in [3.8, 4) is 0 Å². The predicted octanol–water partition coefficient (Wildman–Crippen LogP) is 1.67. The van der Waals surface area contributed by atoms with Crippen LogP contribution in [0.15, 0.2) is 12.2 Å². The fraction of sp³-hybridized carbons (Fsp3) is 0.700. The van der Waals surface area contributed by atoms with Gasteiger partial charge in [0, 0.05) is 7.11 Å². The molecule has 0 unspecified atom stereocenters. The van der Waals surface area contributed by atoms with Crippen LogP contribution in [0, 0.1) is 0 Å². The van der Waals surface area contributed by atoms with Gasteiger partial charge in [-0.3, -0.25) is 0 Å². The molecule has 0 saturated heterocycles. The molecule has 0 amide bonds. The Morgan fingerprint density at radius 1 is 1.46 bits per heavy atom. The van der Waals surface area contributed by atoms with Crippen LogP contribution in [-0.4, -0.2) is 25.8 Å². The van der Waals surface area contributed by atoms with Crippen molar-refractivity contribution in [2.45, 2.75) is 31.8 Å². The molecule has 0 bridgehead atoms. The number of hydrogen-bond donors (Lipinski definition) is 0. The summed E-state index contributed by atoms with van der Waals surface area (Å²) in [4.78, 5) is 11.3. The maximum absolute atomic E-state index is 11.3. The van der Waals surface area contributed by atoms with Crippen molar-refractivity contribution in [3.05, 3.63) is 12.2 Å². The minimum atomic E-state index is -0.311. The second-order valence-electron chi connectivity index (χ2n) is 3.35. The SMILES string of the molecule is C=C(COC)C(=O)OC1CCCC1. The summed E-state index contributed by atoms with van der Waals surface area (Å²) in [5.74, 6) is -0.311. The van der Waals surface area contributed by atoms with Crippen LogP contribution in [0.1, 0.15) is 25.7 Å². The Balaban J connectivity index is 2.27. The molecule has 0 atom stereocenters. The molecule has 0 heterocycles. The summed E-state index contributed by atoms with van der Waals surface area (Å²) in [5.41, 5.74) is 0.398. The molecule has 1 aliphatic rings. The summed E-state index contributed by atoms with van der Waals surface area (Å²) < 4.78 is 10.00. The molecule has 1 aliphatic carbocycles. The quantitative estimate of drug-likeness (QED) is 0.492. The van der Waals surface area contributed by atoms with Gasteiger partial charge in [0.1, 0.15) is 6.10 Å². The number of carbonyl (C=O) groups excluding carboxylic acids is 1. The van der Waals surface area contributed by atoms with E-state index in [1.165, 1.54) is 7.11 Å². The van der Waals surface area contributed by atoms with Crippen LogP contribution in [0.4, 0.5) is 0 Å². The van der Waals surface area contributed by atoms with Gasteiger partial charge in [-0.1, -0.05) is 6.58 Å². The van der Waals surface area contributed by atoms with Gasteiger partial charge in [-0.05, 0) is 25.7 Å². The zero-order valence-corrected chi connectivity index (χ0v) is 8.04. The van der Waals surface area contributed by atoms with Crippen molar-refractivity contribution in [2.24, 2.45) is 0 Å². The van der Waals surface area contributed by atoms with E-state index in [1.54, 1.807) is 0 Å². The lowest BCUT2D eigenvalue weighted by molar-refractivity contribution is -0.144. The smallest absolute Gasteiger partial charge is 0.336 e. The van der Waals surface area contributed by atoms with E-state index in [2.05, 4.69) is 6.58 Å². The number of hydrogen-bond acceptors (Lipinski definition) is 3. The van der Waals surface area contributed by atoms with Crippen LogP contribution in [-0.2, 0) is 14.3 Å². The zero-order valence-electron chi connectivity index (χ0n) is 8.04. The molecular weight excluding hydrogens is 168 g/mol. The summed E-state index contributed by atoms with van der Waals surface area (Å²) in [6.45, 7) is 3.84. The van der Waals surface area contributed by atoms with Crippen molar-refractivity contribution in [1.29, 1.82) is 0 Å². The Kier molecular flexibility index (Phi) is 3.96. The van der Waals surface area contributed by atoms with Gasteiger partial charge in [0.05, 0.1) is 12.2 Å². The van der Waals surface area contributed by atoms with Gasteiger partial charge in [0.2, 0.25) is 0 Å². The average Bonchev–Trinajstić information content (AvgIpc) is 2.57. The minimum absolute atomic E-state index is 0.112. The molecule has 0 radical (unpaired) electrons. The molecule has 1 fully saturated rings. The third-order valence-electron chi connectivity index (χ3n) is 2.18. The highest BCUT2D eigenvalue weighted by Gasteiger charge is 2.20. The van der Waals surface area contributed by atoms with Crippen molar-refractivity contribution in [2.75, 3.05) is 13.7 Å². The summed E-state index contributed by atoms with van der Waals surface area (Å²) in [5, 5.41) is 0. The largest absolute Gasteiger partial charge is 0.459 e. The Bertz CT molecular complexity index is 192. The van der Waals surface area contributed by atoms with Gasteiger partial charge >= 0.3 is 5.97 Å². The monoisotopic (exact) mass is 184 g/mol. The van der Waals surface area contributed by atoms with Gasteiger partial charge in [0.25, 0.3) is 0 Å². The third-order valence-corrected chi connectivity index (χ3v) is 2.18. The van der Waals surface area contributed by atoms with E-state index in [4.69, 9.17) is 9.47 Å². The van der Waals surface area contributed by atoms with E-state index in [9.17, 15) is 4.79 Å². The molecule has 1 rings (SSSR count). The fourth-order valence-corrected chi connectivity index (χ4v) is 1.47. The minimum Gasteiger partial charge on any atom is -0.459 e. The summed E-state index contributed by atoms with van der Waals surface area (Å²) in [7, 11) is 1.54. The standard InChI is InChI=1S/C10H16O3/c1-8(7-12-2)10(11)13-9-5-3-4-6-9/h9H,1,3-7H2,2H3. The first-order valence-electron chi connectivity index (χ1n) is 4.61. The van der Waals surface area contributed by atoms with Crippen molar-refractivity contribution < 1.29 is 14.3 Å². The third kappa shape index (κ3) is 3.19. The number of methoxy groups -OCH3 is 1. The topological polar surface area (TPSA) is 35.5 Å². The molecule has 0 aromatic rings. The Labute approximate surface area is 78.7 Å². The molecule has 0 aromatic heterocycles. The summed E-state index contributed by atoms with van der Waals surface area (Å²) >= 11 is 0. The fourth-order valence-electron chi connectivity index (χ4n) is 1.47. The van der Waals surface area contributed by atoms with Crippen LogP contribution >= 0.6 is 0 Å². The van der Waals surface area contributed by atoms with Crippen LogP contribution in [0.2, 0.25) is 0 Å². The molecule has 0 N–H and O–H groups in total. The molecular formula is C10H16O3. The molecule has 13 heavy (non-hydrogen) atoms. The highest BCUT2D eigenvalue weighted by molar-refractivity contribution is 5.88. The molecule has 0 spiro atoms. The van der Waals surface area contributed by atoms with Gasteiger partial charge in [-0.25, -0.2) is 4.79 Å². The Hall–Kier alpha value is -0.830. The van der Waals surface area contributed by atoms with E-state index >= 15 is 0 Å². The van der Waals surface area contributed by atoms with Crippen LogP contribution in [0.5, 0.6) is 0 Å². The molecule has 0 aliphatic heterocycles. The lowest BCUT2D eigenvalue weighted by Gasteiger charge is -2.11. The second-order valence-corrected chi connectivity index (χ2v) is 3.35. The number of esters is 1. The first-order chi connectivity index (χ1) is 6.24. The van der Waals surface area contributed by atoms with Gasteiger partial charge in [-0.2, -0.15) is 0 Å². The molecule has 3 nitrogen and oxygen atoms in total. The number of carbonyl (C=O) groups is 1. The molecule has 0 aromatic carbocycles. The highest BCUT2D eigenvalue weighted by Crippen LogP contribution is 2.21. The van der Waals surface area contributed by atoms with E-state index < -0.39 is 0 Å². The first kappa shape index (κ1) is 10.3. The van der Waals surface area contributed by atoms with E-state index in [1.807, 2.05) is 0 Å². The second kappa shape index (κ2) is 5.02. The lowest BCUT2D eigenvalue weighted by Crippen LogP contribution is -2.17. The maximum Gasteiger partial charge on any atom is 0.336 e. The average molecular weight is 184 g/mol. The van der Waals surface area contributed by atoms with Gasteiger partial charge in [-0.15, -0.1) is 0 Å². The molecule has 74 valence electrons. The van der Waals surface area contributed by atoms with Crippen LogP contribution < -0.4 is 0 Å². The summed E-state index contributed by atoms with van der Waals surface area (Å²) in [6.07, 6.45) is 4.42. The van der Waals surface area contributed by atoms with Gasteiger partial charge in [0.15, 0.2) is 0 Å². The summed E-state index contributed by atoms with van der Waals surface area (Å²) in [6, 6.07) is 0. The normalized spacial score (nSPS) is 17.3. The van der Waals surface area contributed by atoms with E-state index in [-0.39, 0.29) is 18.7 Å². The first-order valence-corrected chi connectivity index (χ1v) is 4.61. The lowest BCUT2D eigenvalue weighted by atomic mass is 10.3. The van der Waals surface area contributed by atoms with Crippen molar-refractivity contribution in [1.82, 2.24) is 0 Å². The van der Waals surface area contributed by atoms with Crippen molar-refractivity contribution in [3.63, 3.8) is 0 Å². The molecule has 3 heteroatoms. The highest BCUT2D eigenvalue weighted by atomic mass is 16.5. The van der Waals surface area contributed by atoms with Gasteiger partial charge < -0.3 is 9.47 Å². The van der Waals surface area contributed by atoms with Crippen molar-refractivity contribution >= 4 is 5.97 Å². The predicted molar refractivity (Wildman–Crippen MR) is 49.4 cm³/mol. The Morgan fingerprint density at radius 2 is 2.08 bits per heavy atom. The van der Waals surface area contributed by atoms with Crippen LogP contribution in [0.3, 0.4) is 0 Å². The number of rotatable bonds is 4.